The van der Waals surface area contributed by atoms with E-state index in [1.807, 2.05) is 24.5 Å². The van der Waals surface area contributed by atoms with Gasteiger partial charge in [-0.15, -0.1) is 5.11 Å². The molecule has 0 unspecified atom stereocenters. The summed E-state index contributed by atoms with van der Waals surface area (Å²) >= 11 is 0. The number of rotatable bonds is 1. The number of nitrogens with zero attached hydrogens (tertiary/aromatic N) is 2. The number of nitrogens with two attached hydrogens (primary N) is 1. The second kappa shape index (κ2) is 7.35. The summed E-state index contributed by atoms with van der Waals surface area (Å²) < 4.78 is 0. The Bertz CT molecular complexity index is 149. The minimum absolute atomic E-state index is 0.944. The van der Waals surface area contributed by atoms with Crippen molar-refractivity contribution in [1.82, 2.24) is 4.98 Å². The molecule has 1 aromatic heterocycles. The zero-order valence-corrected chi connectivity index (χ0v) is 5.36. The average Bonchev–Trinajstić information content (AvgIpc) is 2.44. The van der Waals surface area contributed by atoms with Crippen molar-refractivity contribution in [3.8, 4) is 0 Å². The van der Waals surface area contributed by atoms with Gasteiger partial charge in [0.1, 0.15) is 0 Å². The second-order valence-electron chi connectivity index (χ2n) is 1.28. The van der Waals surface area contributed by atoms with Crippen LogP contribution in [0.1, 0.15) is 0 Å². The van der Waals surface area contributed by atoms with Gasteiger partial charge in [-0.25, -0.2) is 5.53 Å². The van der Waals surface area contributed by atoms with Crippen LogP contribution in [0.3, 0.4) is 0 Å². The molecule has 0 aliphatic heterocycles. The Morgan fingerprint density at radius 1 is 1.40 bits per heavy atom. The molecule has 5 nitrogen and oxygen atoms in total. The van der Waals surface area contributed by atoms with E-state index in [9.17, 15) is 0 Å². The van der Waals surface area contributed by atoms with Crippen molar-refractivity contribution in [3.63, 3.8) is 0 Å². The molecule has 0 atom stereocenters. The summed E-state index contributed by atoms with van der Waals surface area (Å²) in [5, 5.41) is 5.56. The van der Waals surface area contributed by atoms with E-state index in [1.165, 1.54) is 0 Å². The summed E-state index contributed by atoms with van der Waals surface area (Å²) in [5.41, 5.74) is 6.00. The lowest BCUT2D eigenvalue weighted by Crippen LogP contribution is -1.75. The van der Waals surface area contributed by atoms with Crippen LogP contribution in [0, 0.1) is 5.53 Å². The van der Waals surface area contributed by atoms with Crippen LogP contribution < -0.4 is 5.84 Å². The van der Waals surface area contributed by atoms with Gasteiger partial charge in [-0.2, -0.15) is 5.10 Å². The molecule has 0 saturated heterocycles. The molecule has 10 heavy (non-hydrogen) atoms. The monoisotopic (exact) mass is 139 g/mol. The van der Waals surface area contributed by atoms with Crippen LogP contribution in [0.2, 0.25) is 0 Å². The first-order chi connectivity index (χ1) is 4.91. The van der Waals surface area contributed by atoms with Crippen LogP contribution in [0.15, 0.2) is 34.7 Å². The summed E-state index contributed by atoms with van der Waals surface area (Å²) in [7, 11) is 0. The van der Waals surface area contributed by atoms with Crippen molar-refractivity contribution < 1.29 is 0 Å². The predicted molar refractivity (Wildman–Crippen MR) is 38.6 cm³/mol. The SMILES string of the molecule is N=NC=NN.c1cc[nH]c1. The molecule has 1 rings (SSSR count). The zero-order valence-electron chi connectivity index (χ0n) is 5.36. The van der Waals surface area contributed by atoms with Gasteiger partial charge >= 0.3 is 0 Å². The molecule has 0 aromatic carbocycles. The summed E-state index contributed by atoms with van der Waals surface area (Å²) in [5.74, 6) is 4.49. The summed E-state index contributed by atoms with van der Waals surface area (Å²) in [6, 6.07) is 3.89. The minimum Gasteiger partial charge on any atom is -0.368 e. The molecule has 1 heterocycles. The Balaban J connectivity index is 0.000000162. The van der Waals surface area contributed by atoms with E-state index in [1.54, 1.807) is 0 Å². The van der Waals surface area contributed by atoms with Crippen molar-refractivity contribution in [1.29, 1.82) is 5.53 Å². The molecule has 0 amide bonds. The van der Waals surface area contributed by atoms with Crippen molar-refractivity contribution in [2.75, 3.05) is 0 Å². The fourth-order valence-electron chi connectivity index (χ4n) is 0.311. The van der Waals surface area contributed by atoms with E-state index < -0.39 is 0 Å². The lowest BCUT2D eigenvalue weighted by atomic mass is 10.7. The molecule has 5 heteroatoms. The maximum Gasteiger partial charge on any atom is 0.156 e. The van der Waals surface area contributed by atoms with Crippen LogP contribution >= 0.6 is 0 Å². The number of aromatic amines is 1. The number of aromatic nitrogens is 1. The standard InChI is InChI=1S/C4H5N.CH4N4/c1-2-4-5-3-1;2-4-1-5-3/h1-5H;1-2H,3H2. The fourth-order valence-corrected chi connectivity index (χ4v) is 0.311. The predicted octanol–water partition coefficient (Wildman–Crippen LogP) is 0.934. The van der Waals surface area contributed by atoms with Gasteiger partial charge < -0.3 is 10.8 Å². The van der Waals surface area contributed by atoms with Gasteiger partial charge in [0.25, 0.3) is 0 Å². The van der Waals surface area contributed by atoms with E-state index in [4.69, 9.17) is 5.53 Å². The molecule has 4 N–H and O–H groups in total. The zero-order chi connectivity index (χ0) is 7.66. The van der Waals surface area contributed by atoms with E-state index in [0.717, 1.165) is 6.34 Å². The highest BCUT2D eigenvalue weighted by Crippen LogP contribution is 1.72. The molecule has 0 fully saturated rings. The number of hydrogen-bond acceptors (Lipinski definition) is 3. The maximum absolute atomic E-state index is 6.00. The third-order valence-corrected chi connectivity index (χ3v) is 0.620. The third-order valence-electron chi connectivity index (χ3n) is 0.620. The van der Waals surface area contributed by atoms with Gasteiger partial charge in [0, 0.05) is 12.4 Å². The maximum atomic E-state index is 6.00. The number of nitrogens with one attached hydrogen (secondary N) is 2. The molecule has 54 valence electrons. The first kappa shape index (κ1) is 8.35. The Hall–Kier alpha value is -1.65. The highest BCUT2D eigenvalue weighted by atomic mass is 15.2. The van der Waals surface area contributed by atoms with E-state index in [2.05, 4.69) is 21.0 Å². The summed E-state index contributed by atoms with van der Waals surface area (Å²) in [6.45, 7) is 0. The quantitative estimate of drug-likeness (QED) is 0.174. The molecule has 0 aliphatic carbocycles. The van der Waals surface area contributed by atoms with Crippen molar-refractivity contribution in [2.45, 2.75) is 0 Å². The van der Waals surface area contributed by atoms with Crippen LogP contribution in [-0.4, -0.2) is 11.3 Å². The van der Waals surface area contributed by atoms with E-state index in [-0.39, 0.29) is 0 Å². The molecule has 0 bridgehead atoms. The van der Waals surface area contributed by atoms with Gasteiger partial charge in [0.2, 0.25) is 0 Å². The second-order valence-corrected chi connectivity index (χ2v) is 1.28. The van der Waals surface area contributed by atoms with Gasteiger partial charge in [0.15, 0.2) is 6.34 Å². The van der Waals surface area contributed by atoms with Crippen LogP contribution in [-0.2, 0) is 0 Å². The highest BCUT2D eigenvalue weighted by Gasteiger charge is 1.55. The van der Waals surface area contributed by atoms with E-state index in [0.29, 0.717) is 0 Å². The molecular formula is C5H9N5. The smallest absolute Gasteiger partial charge is 0.156 e. The lowest BCUT2D eigenvalue weighted by molar-refractivity contribution is 1.17. The van der Waals surface area contributed by atoms with Gasteiger partial charge in [0.05, 0.1) is 0 Å². The average molecular weight is 139 g/mol. The molecule has 0 radical (unpaired) electrons. The summed E-state index contributed by atoms with van der Waals surface area (Å²) in [6.07, 6.45) is 4.69. The van der Waals surface area contributed by atoms with Crippen molar-refractivity contribution in [3.05, 3.63) is 24.5 Å². The van der Waals surface area contributed by atoms with Crippen LogP contribution in [0.25, 0.3) is 0 Å². The Kier molecular flexibility index (Phi) is 6.14. The number of H-pyrrole nitrogens is 1. The third kappa shape index (κ3) is 6.35. The normalized spacial score (nSPS) is 8.40. The largest absolute Gasteiger partial charge is 0.368 e. The number of hydrazone groups is 1. The van der Waals surface area contributed by atoms with Crippen LogP contribution in [0.4, 0.5) is 0 Å². The van der Waals surface area contributed by atoms with Gasteiger partial charge in [-0.1, -0.05) is 0 Å². The van der Waals surface area contributed by atoms with Crippen LogP contribution in [0.5, 0.6) is 0 Å². The molecular weight excluding hydrogens is 130 g/mol. The van der Waals surface area contributed by atoms with E-state index >= 15 is 0 Å². The molecule has 1 aromatic rings. The fraction of sp³-hybridized carbons (Fsp3) is 0. The topological polar surface area (TPSA) is 90.4 Å². The van der Waals surface area contributed by atoms with Crippen molar-refractivity contribution >= 4 is 6.34 Å². The minimum atomic E-state index is 0.944. The highest BCUT2D eigenvalue weighted by molar-refractivity contribution is 5.52. The van der Waals surface area contributed by atoms with Gasteiger partial charge in [-0.3, -0.25) is 0 Å². The molecule has 0 aliphatic rings. The Morgan fingerprint density at radius 3 is 2.10 bits per heavy atom. The number of hydrogen-bond donors (Lipinski definition) is 3. The summed E-state index contributed by atoms with van der Waals surface area (Å²) in [4.78, 5) is 2.86. The van der Waals surface area contributed by atoms with Crippen molar-refractivity contribution in [2.24, 2.45) is 16.1 Å². The van der Waals surface area contributed by atoms with Gasteiger partial charge in [-0.05, 0) is 12.1 Å². The molecule has 0 spiro atoms. The lowest BCUT2D eigenvalue weighted by Gasteiger charge is -1.58. The Labute approximate surface area is 58.5 Å². The Morgan fingerprint density at radius 2 is 2.00 bits per heavy atom. The molecule has 0 saturated carbocycles. The first-order valence-corrected chi connectivity index (χ1v) is 2.58. The first-order valence-electron chi connectivity index (χ1n) is 2.58.